The van der Waals surface area contributed by atoms with Crippen molar-refractivity contribution < 1.29 is 28.6 Å². The Bertz CT molecular complexity index is 1070. The fourth-order valence-corrected chi connectivity index (χ4v) is 7.38. The van der Waals surface area contributed by atoms with E-state index in [4.69, 9.17) is 14.2 Å². The average Bonchev–Trinajstić information content (AvgIpc) is 3.26. The smallest absolute Gasteiger partial charge is 0.306 e. The Kier molecular flexibility index (Phi) is 47.9. The molecule has 0 heterocycles. The van der Waals surface area contributed by atoms with Crippen molar-refractivity contribution in [2.75, 3.05) is 13.2 Å². The van der Waals surface area contributed by atoms with Crippen LogP contribution in [0.4, 0.5) is 0 Å². The average molecular weight is 855 g/mol. The Labute approximate surface area is 378 Å². The van der Waals surface area contributed by atoms with Crippen LogP contribution in [0.25, 0.3) is 0 Å². The summed E-state index contributed by atoms with van der Waals surface area (Å²) in [5.74, 6) is -0.900. The molecule has 0 rings (SSSR count). The van der Waals surface area contributed by atoms with Crippen molar-refractivity contribution in [3.8, 4) is 0 Å². The van der Waals surface area contributed by atoms with Crippen molar-refractivity contribution in [1.82, 2.24) is 0 Å². The van der Waals surface area contributed by atoms with Gasteiger partial charge < -0.3 is 14.2 Å². The zero-order chi connectivity index (χ0) is 44.4. The van der Waals surface area contributed by atoms with Gasteiger partial charge in [-0.3, -0.25) is 14.4 Å². The summed E-state index contributed by atoms with van der Waals surface area (Å²) in [5.41, 5.74) is 0. The minimum atomic E-state index is -0.782. The van der Waals surface area contributed by atoms with Gasteiger partial charge in [0.15, 0.2) is 6.10 Å². The Hall–Kier alpha value is -2.63. The van der Waals surface area contributed by atoms with Crippen molar-refractivity contribution in [2.45, 2.75) is 271 Å². The number of hydrogen-bond donors (Lipinski definition) is 0. The summed E-state index contributed by atoms with van der Waals surface area (Å²) in [5, 5.41) is 0. The molecule has 0 saturated heterocycles. The lowest BCUT2D eigenvalue weighted by atomic mass is 10.0. The Morgan fingerprint density at radius 1 is 0.344 bits per heavy atom. The molecule has 0 bridgehead atoms. The van der Waals surface area contributed by atoms with Gasteiger partial charge in [-0.25, -0.2) is 0 Å². The van der Waals surface area contributed by atoms with Crippen LogP contribution in [-0.4, -0.2) is 37.2 Å². The van der Waals surface area contributed by atoms with Crippen LogP contribution in [0.3, 0.4) is 0 Å². The lowest BCUT2D eigenvalue weighted by molar-refractivity contribution is -0.167. The van der Waals surface area contributed by atoms with Gasteiger partial charge in [-0.1, -0.05) is 223 Å². The molecule has 1 unspecified atom stereocenters. The molecular formula is C55H98O6. The predicted octanol–water partition coefficient (Wildman–Crippen LogP) is 17.1. The summed E-state index contributed by atoms with van der Waals surface area (Å²) in [4.78, 5) is 37.9. The molecule has 0 aromatic heterocycles. The zero-order valence-corrected chi connectivity index (χ0v) is 40.4. The molecule has 6 nitrogen and oxygen atoms in total. The van der Waals surface area contributed by atoms with E-state index < -0.39 is 6.10 Å². The quantitative estimate of drug-likeness (QED) is 0.0263. The van der Waals surface area contributed by atoms with E-state index in [-0.39, 0.29) is 31.1 Å². The van der Waals surface area contributed by atoms with Crippen molar-refractivity contribution in [2.24, 2.45) is 0 Å². The van der Waals surface area contributed by atoms with Gasteiger partial charge in [0, 0.05) is 19.3 Å². The van der Waals surface area contributed by atoms with Gasteiger partial charge in [-0.05, 0) is 70.6 Å². The van der Waals surface area contributed by atoms with E-state index in [1.807, 2.05) is 0 Å². The Morgan fingerprint density at radius 3 is 1.07 bits per heavy atom. The third-order valence-electron chi connectivity index (χ3n) is 11.3. The van der Waals surface area contributed by atoms with Crippen LogP contribution < -0.4 is 0 Å². The summed E-state index contributed by atoms with van der Waals surface area (Å²) in [6.07, 6.45) is 59.5. The Morgan fingerprint density at radius 2 is 0.656 bits per heavy atom. The van der Waals surface area contributed by atoms with Crippen molar-refractivity contribution in [3.05, 3.63) is 48.6 Å². The highest BCUT2D eigenvalue weighted by Gasteiger charge is 2.19. The first-order valence-electron chi connectivity index (χ1n) is 26.1. The molecule has 0 N–H and O–H groups in total. The predicted molar refractivity (Wildman–Crippen MR) is 261 cm³/mol. The maximum atomic E-state index is 12.8. The second-order valence-corrected chi connectivity index (χ2v) is 17.4. The lowest BCUT2D eigenvalue weighted by Crippen LogP contribution is -2.30. The summed E-state index contributed by atoms with van der Waals surface area (Å²) in [6, 6.07) is 0. The number of hydrogen-bond acceptors (Lipinski definition) is 6. The second kappa shape index (κ2) is 50.0. The molecule has 1 atom stereocenters. The van der Waals surface area contributed by atoms with Gasteiger partial charge in [0.1, 0.15) is 13.2 Å². The number of carbonyl (C=O) groups excluding carboxylic acids is 3. The molecule has 0 spiro atoms. The molecule has 0 amide bonds. The van der Waals surface area contributed by atoms with Gasteiger partial charge in [-0.2, -0.15) is 0 Å². The van der Waals surface area contributed by atoms with E-state index in [1.54, 1.807) is 0 Å². The highest BCUT2D eigenvalue weighted by molar-refractivity contribution is 5.71. The minimum absolute atomic E-state index is 0.0804. The number of rotatable bonds is 47. The fraction of sp³-hybridized carbons (Fsp3) is 0.800. The highest BCUT2D eigenvalue weighted by Crippen LogP contribution is 2.16. The Balaban J connectivity index is 4.35. The molecule has 0 aliphatic rings. The van der Waals surface area contributed by atoms with E-state index in [0.29, 0.717) is 19.3 Å². The first-order valence-corrected chi connectivity index (χ1v) is 26.1. The molecule has 6 heteroatoms. The molecular weight excluding hydrogens is 757 g/mol. The van der Waals surface area contributed by atoms with E-state index in [2.05, 4.69) is 69.4 Å². The molecule has 0 aliphatic carbocycles. The number of allylic oxidation sites excluding steroid dienone is 8. The van der Waals surface area contributed by atoms with Crippen LogP contribution in [0.15, 0.2) is 48.6 Å². The number of carbonyl (C=O) groups is 3. The topological polar surface area (TPSA) is 78.9 Å². The van der Waals surface area contributed by atoms with Crippen LogP contribution in [0.1, 0.15) is 265 Å². The lowest BCUT2D eigenvalue weighted by Gasteiger charge is -2.18. The molecule has 354 valence electrons. The highest BCUT2D eigenvalue weighted by atomic mass is 16.6. The van der Waals surface area contributed by atoms with Gasteiger partial charge in [0.2, 0.25) is 0 Å². The molecule has 61 heavy (non-hydrogen) atoms. The maximum absolute atomic E-state index is 12.8. The van der Waals surface area contributed by atoms with E-state index in [0.717, 1.165) is 103 Å². The third-order valence-corrected chi connectivity index (χ3v) is 11.3. The minimum Gasteiger partial charge on any atom is -0.462 e. The van der Waals surface area contributed by atoms with Crippen LogP contribution >= 0.6 is 0 Å². The van der Waals surface area contributed by atoms with E-state index in [1.165, 1.54) is 122 Å². The van der Waals surface area contributed by atoms with Crippen molar-refractivity contribution in [3.63, 3.8) is 0 Å². The van der Waals surface area contributed by atoms with Gasteiger partial charge in [0.05, 0.1) is 0 Å². The summed E-state index contributed by atoms with van der Waals surface area (Å²) < 4.78 is 16.8. The first-order chi connectivity index (χ1) is 30.0. The van der Waals surface area contributed by atoms with Crippen LogP contribution in [0.2, 0.25) is 0 Å². The zero-order valence-electron chi connectivity index (χ0n) is 40.4. The fourth-order valence-electron chi connectivity index (χ4n) is 7.38. The molecule has 0 radical (unpaired) electrons. The monoisotopic (exact) mass is 855 g/mol. The first kappa shape index (κ1) is 58.4. The molecule has 0 saturated carbocycles. The van der Waals surface area contributed by atoms with E-state index >= 15 is 0 Å². The van der Waals surface area contributed by atoms with Crippen LogP contribution in [0, 0.1) is 0 Å². The van der Waals surface area contributed by atoms with Gasteiger partial charge >= 0.3 is 17.9 Å². The SMILES string of the molecule is CC/C=C\C/C=C\C/C=C\CCCCCCCC(=O)OC(COC(=O)CCCCCCC/C=C\CCCC)COC(=O)CCCCCCCCCCCCCCCCCCC. The van der Waals surface area contributed by atoms with Gasteiger partial charge in [0.25, 0.3) is 0 Å². The largest absolute Gasteiger partial charge is 0.462 e. The van der Waals surface area contributed by atoms with E-state index in [9.17, 15) is 14.4 Å². The molecule has 0 aromatic rings. The van der Waals surface area contributed by atoms with Gasteiger partial charge in [-0.15, -0.1) is 0 Å². The molecule has 0 fully saturated rings. The number of ether oxygens (including phenoxy) is 3. The standard InChI is InChI=1S/C55H98O6/c1-4-7-10-13-16-19-22-24-26-27-29-30-33-36-39-42-45-48-54(57)60-51-52(50-59-53(56)47-44-41-38-35-32-21-18-15-12-9-6-3)61-55(58)49-46-43-40-37-34-31-28-25-23-20-17-14-11-8-5-2/h8,11,15,17-18,20,25,28,52H,4-7,9-10,12-14,16,19,21-24,26-27,29-51H2,1-3H3/b11-8-,18-15-,20-17-,28-25-. The summed E-state index contributed by atoms with van der Waals surface area (Å²) >= 11 is 0. The number of unbranched alkanes of at least 4 members (excludes halogenated alkanes) is 28. The van der Waals surface area contributed by atoms with Crippen LogP contribution in [-0.2, 0) is 28.6 Å². The van der Waals surface area contributed by atoms with Crippen LogP contribution in [0.5, 0.6) is 0 Å². The molecule has 0 aliphatic heterocycles. The van der Waals surface area contributed by atoms with Crippen molar-refractivity contribution >= 4 is 17.9 Å². The van der Waals surface area contributed by atoms with Crippen molar-refractivity contribution in [1.29, 1.82) is 0 Å². The second-order valence-electron chi connectivity index (χ2n) is 17.4. The third kappa shape index (κ3) is 48.3. The normalized spacial score (nSPS) is 12.4. The summed E-state index contributed by atoms with van der Waals surface area (Å²) in [6.45, 7) is 6.49. The summed E-state index contributed by atoms with van der Waals surface area (Å²) in [7, 11) is 0. The molecule has 0 aromatic carbocycles. The number of esters is 3. The maximum Gasteiger partial charge on any atom is 0.306 e.